The highest BCUT2D eigenvalue weighted by atomic mass is 32.2. The summed E-state index contributed by atoms with van der Waals surface area (Å²) >= 11 is 2.04. The molecule has 2 nitrogen and oxygen atoms in total. The van der Waals surface area contributed by atoms with E-state index in [2.05, 4.69) is 41.5 Å². The van der Waals surface area contributed by atoms with E-state index < -0.39 is 0 Å². The van der Waals surface area contributed by atoms with Crippen molar-refractivity contribution in [2.24, 2.45) is 5.92 Å². The molecular weight excluding hydrogens is 252 g/mol. The lowest BCUT2D eigenvalue weighted by atomic mass is 9.94. The molecular formula is C16H24N2S. The lowest BCUT2D eigenvalue weighted by molar-refractivity contribution is 0.177. The monoisotopic (exact) mass is 276 g/mol. The van der Waals surface area contributed by atoms with Gasteiger partial charge in [0.2, 0.25) is 0 Å². The molecule has 3 heteroatoms. The maximum absolute atomic E-state index is 3.32. The Kier molecular flexibility index (Phi) is 4.46. The van der Waals surface area contributed by atoms with Crippen molar-refractivity contribution in [2.45, 2.75) is 23.7 Å². The van der Waals surface area contributed by atoms with Crippen molar-refractivity contribution < 1.29 is 0 Å². The minimum atomic E-state index is 0.752. The van der Waals surface area contributed by atoms with Crippen LogP contribution < -0.4 is 5.32 Å². The molecule has 0 saturated carbocycles. The van der Waals surface area contributed by atoms with Crippen LogP contribution in [0.15, 0.2) is 29.2 Å². The molecule has 1 aromatic carbocycles. The fraction of sp³-hybridized carbons (Fsp3) is 0.625. The van der Waals surface area contributed by atoms with Crippen molar-refractivity contribution in [1.82, 2.24) is 10.2 Å². The number of thioether (sulfide) groups is 1. The van der Waals surface area contributed by atoms with Crippen LogP contribution in [-0.2, 0) is 0 Å². The molecule has 1 fully saturated rings. The second-order valence-corrected chi connectivity index (χ2v) is 6.91. The van der Waals surface area contributed by atoms with Crippen molar-refractivity contribution in [2.75, 3.05) is 39.0 Å². The molecule has 2 heterocycles. The first-order valence-electron chi connectivity index (χ1n) is 7.45. The normalized spacial score (nSPS) is 24.6. The van der Waals surface area contributed by atoms with Gasteiger partial charge < -0.3 is 10.2 Å². The Balaban J connectivity index is 1.54. The Hall–Kier alpha value is -0.510. The average molecular weight is 276 g/mol. The van der Waals surface area contributed by atoms with Gasteiger partial charge in [-0.05, 0) is 57.1 Å². The Labute approximate surface area is 121 Å². The van der Waals surface area contributed by atoms with E-state index >= 15 is 0 Å². The standard InChI is InChI=1S/C16H24N2S/c1-17-10-13-6-8-18(9-7-13)11-14-12-19-16-5-3-2-4-15(14)16/h2-5,13-14,17H,6-12H2,1H3. The Morgan fingerprint density at radius 3 is 2.84 bits per heavy atom. The second-order valence-electron chi connectivity index (χ2n) is 5.85. The highest BCUT2D eigenvalue weighted by molar-refractivity contribution is 7.99. The predicted octanol–water partition coefficient (Wildman–Crippen LogP) is 2.81. The van der Waals surface area contributed by atoms with Gasteiger partial charge in [-0.1, -0.05) is 18.2 Å². The molecule has 0 aromatic heterocycles. The van der Waals surface area contributed by atoms with Crippen LogP contribution in [0.25, 0.3) is 0 Å². The third-order valence-corrected chi connectivity index (χ3v) is 5.73. The highest BCUT2D eigenvalue weighted by Gasteiger charge is 2.26. The zero-order valence-electron chi connectivity index (χ0n) is 11.8. The number of likely N-dealkylation sites (tertiary alicyclic amines) is 1. The van der Waals surface area contributed by atoms with Gasteiger partial charge in [0.05, 0.1) is 0 Å². The third-order valence-electron chi connectivity index (χ3n) is 4.48. The number of fused-ring (bicyclic) bond motifs is 1. The topological polar surface area (TPSA) is 15.3 Å². The molecule has 1 unspecified atom stereocenters. The van der Waals surface area contributed by atoms with Crippen molar-refractivity contribution in [3.05, 3.63) is 29.8 Å². The summed E-state index contributed by atoms with van der Waals surface area (Å²) in [5.74, 6) is 2.92. The predicted molar refractivity (Wildman–Crippen MR) is 83.0 cm³/mol. The summed E-state index contributed by atoms with van der Waals surface area (Å²) < 4.78 is 0. The van der Waals surface area contributed by atoms with E-state index in [1.807, 2.05) is 11.8 Å². The first-order chi connectivity index (χ1) is 9.36. The quantitative estimate of drug-likeness (QED) is 0.910. The maximum atomic E-state index is 3.32. The van der Waals surface area contributed by atoms with Crippen molar-refractivity contribution in [3.8, 4) is 0 Å². The number of piperidine rings is 1. The van der Waals surface area contributed by atoms with Gasteiger partial charge in [0.15, 0.2) is 0 Å². The Morgan fingerprint density at radius 2 is 2.05 bits per heavy atom. The smallest absolute Gasteiger partial charge is 0.0108 e. The van der Waals surface area contributed by atoms with Crippen LogP contribution in [0.4, 0.5) is 0 Å². The van der Waals surface area contributed by atoms with Gasteiger partial charge in [0.1, 0.15) is 0 Å². The molecule has 0 bridgehead atoms. The molecule has 2 aliphatic rings. The molecule has 0 amide bonds. The number of hydrogen-bond acceptors (Lipinski definition) is 3. The minimum Gasteiger partial charge on any atom is -0.319 e. The van der Waals surface area contributed by atoms with Crippen LogP contribution in [-0.4, -0.2) is 43.9 Å². The van der Waals surface area contributed by atoms with Gasteiger partial charge in [0.25, 0.3) is 0 Å². The highest BCUT2D eigenvalue weighted by Crippen LogP contribution is 2.39. The molecule has 1 aromatic rings. The van der Waals surface area contributed by atoms with Crippen molar-refractivity contribution >= 4 is 11.8 Å². The minimum absolute atomic E-state index is 0.752. The van der Waals surface area contributed by atoms with Gasteiger partial charge in [0, 0.05) is 23.1 Å². The number of nitrogens with one attached hydrogen (secondary N) is 1. The molecule has 0 spiro atoms. The Morgan fingerprint density at radius 1 is 1.26 bits per heavy atom. The van der Waals surface area contributed by atoms with Crippen molar-refractivity contribution in [3.63, 3.8) is 0 Å². The zero-order valence-corrected chi connectivity index (χ0v) is 12.6. The van der Waals surface area contributed by atoms with Crippen LogP contribution in [0.2, 0.25) is 0 Å². The van der Waals surface area contributed by atoms with Crippen molar-refractivity contribution in [1.29, 1.82) is 0 Å². The van der Waals surface area contributed by atoms with Crippen LogP contribution in [0.3, 0.4) is 0 Å². The third kappa shape index (κ3) is 3.15. The van der Waals surface area contributed by atoms with E-state index in [0.717, 1.165) is 11.8 Å². The molecule has 1 atom stereocenters. The molecule has 2 aliphatic heterocycles. The molecule has 3 rings (SSSR count). The summed E-state index contributed by atoms with van der Waals surface area (Å²) in [5, 5.41) is 3.32. The number of hydrogen-bond donors (Lipinski definition) is 1. The summed E-state index contributed by atoms with van der Waals surface area (Å²) in [6.45, 7) is 5.03. The molecule has 104 valence electrons. The van der Waals surface area contributed by atoms with E-state index in [1.54, 1.807) is 5.56 Å². The average Bonchev–Trinajstić information content (AvgIpc) is 2.85. The van der Waals surface area contributed by atoms with Crippen LogP contribution in [0.1, 0.15) is 24.3 Å². The summed E-state index contributed by atoms with van der Waals surface area (Å²) in [6.07, 6.45) is 2.73. The lowest BCUT2D eigenvalue weighted by Gasteiger charge is -2.33. The van der Waals surface area contributed by atoms with Gasteiger partial charge in [-0.2, -0.15) is 0 Å². The molecule has 1 N–H and O–H groups in total. The Bertz CT molecular complexity index is 413. The number of benzene rings is 1. The lowest BCUT2D eigenvalue weighted by Crippen LogP contribution is -2.38. The number of rotatable bonds is 4. The fourth-order valence-corrected chi connectivity index (χ4v) is 4.60. The summed E-state index contributed by atoms with van der Waals surface area (Å²) in [5.41, 5.74) is 1.59. The molecule has 1 saturated heterocycles. The van der Waals surface area contributed by atoms with E-state index in [-0.39, 0.29) is 0 Å². The summed E-state index contributed by atoms with van der Waals surface area (Å²) in [7, 11) is 2.07. The summed E-state index contributed by atoms with van der Waals surface area (Å²) in [4.78, 5) is 4.19. The van der Waals surface area contributed by atoms with Gasteiger partial charge in [-0.15, -0.1) is 11.8 Å². The number of nitrogens with zero attached hydrogens (tertiary/aromatic N) is 1. The van der Waals surface area contributed by atoms with Gasteiger partial charge in [-0.25, -0.2) is 0 Å². The van der Waals surface area contributed by atoms with E-state index in [1.165, 1.54) is 49.7 Å². The van der Waals surface area contributed by atoms with Gasteiger partial charge >= 0.3 is 0 Å². The van der Waals surface area contributed by atoms with Gasteiger partial charge in [-0.3, -0.25) is 0 Å². The molecule has 0 aliphatic carbocycles. The molecule has 0 radical (unpaired) electrons. The largest absolute Gasteiger partial charge is 0.319 e. The SMILES string of the molecule is CNCC1CCN(CC2CSc3ccccc32)CC1. The van der Waals surface area contributed by atoms with Crippen LogP contribution >= 0.6 is 11.8 Å². The van der Waals surface area contributed by atoms with E-state index in [0.29, 0.717) is 0 Å². The second kappa shape index (κ2) is 6.29. The zero-order chi connectivity index (χ0) is 13.1. The van der Waals surface area contributed by atoms with Crippen LogP contribution in [0, 0.1) is 5.92 Å². The first-order valence-corrected chi connectivity index (χ1v) is 8.44. The van der Waals surface area contributed by atoms with E-state index in [4.69, 9.17) is 0 Å². The maximum Gasteiger partial charge on any atom is 0.0108 e. The fourth-order valence-electron chi connectivity index (χ4n) is 3.35. The van der Waals surface area contributed by atoms with E-state index in [9.17, 15) is 0 Å². The molecule has 19 heavy (non-hydrogen) atoms. The summed E-state index contributed by atoms with van der Waals surface area (Å²) in [6, 6.07) is 8.96. The first kappa shape index (κ1) is 13.5. The van der Waals surface area contributed by atoms with Crippen LogP contribution in [0.5, 0.6) is 0 Å².